The molecule has 0 saturated carbocycles. The first-order valence-corrected chi connectivity index (χ1v) is 5.35. The lowest BCUT2D eigenvalue weighted by atomic mass is 10.0. The standard InChI is InChI=1S/C12H13F2N3/c1-2-17-7-8(6-16-17)12(15)9-4-3-5-10(13)11(9)14/h3-7,12H,2,15H2,1H3. The SMILES string of the molecule is CCn1cc(C(N)c2cccc(F)c2F)cn1. The second kappa shape index (κ2) is 4.63. The molecule has 0 radical (unpaired) electrons. The quantitative estimate of drug-likeness (QED) is 0.889. The topological polar surface area (TPSA) is 43.8 Å². The fourth-order valence-corrected chi connectivity index (χ4v) is 1.65. The first-order valence-electron chi connectivity index (χ1n) is 5.35. The number of nitrogens with two attached hydrogens (primary N) is 1. The van der Waals surface area contributed by atoms with Crippen LogP contribution >= 0.6 is 0 Å². The number of hydrogen-bond donors (Lipinski definition) is 1. The van der Waals surface area contributed by atoms with E-state index in [-0.39, 0.29) is 5.56 Å². The molecule has 0 amide bonds. The number of nitrogens with zero attached hydrogens (tertiary/aromatic N) is 2. The maximum Gasteiger partial charge on any atom is 0.163 e. The highest BCUT2D eigenvalue weighted by Crippen LogP contribution is 2.23. The van der Waals surface area contributed by atoms with Gasteiger partial charge in [0, 0.05) is 23.9 Å². The highest BCUT2D eigenvalue weighted by molar-refractivity contribution is 5.30. The molecule has 2 rings (SSSR count). The van der Waals surface area contributed by atoms with Crippen LogP contribution in [0.5, 0.6) is 0 Å². The van der Waals surface area contributed by atoms with E-state index in [0.29, 0.717) is 12.1 Å². The van der Waals surface area contributed by atoms with Crippen LogP contribution in [0.25, 0.3) is 0 Å². The number of benzene rings is 1. The fourth-order valence-electron chi connectivity index (χ4n) is 1.65. The Morgan fingerprint density at radius 2 is 2.18 bits per heavy atom. The van der Waals surface area contributed by atoms with Crippen LogP contribution in [0.15, 0.2) is 30.6 Å². The molecule has 5 heteroatoms. The van der Waals surface area contributed by atoms with Gasteiger partial charge in [-0.15, -0.1) is 0 Å². The molecule has 3 nitrogen and oxygen atoms in total. The van der Waals surface area contributed by atoms with E-state index in [1.165, 1.54) is 12.1 Å². The fraction of sp³-hybridized carbons (Fsp3) is 0.250. The minimum Gasteiger partial charge on any atom is -0.320 e. The molecule has 1 heterocycles. The largest absolute Gasteiger partial charge is 0.320 e. The van der Waals surface area contributed by atoms with Crippen LogP contribution in [0.2, 0.25) is 0 Å². The molecular weight excluding hydrogens is 224 g/mol. The molecule has 1 aromatic carbocycles. The zero-order valence-electron chi connectivity index (χ0n) is 9.40. The molecule has 0 spiro atoms. The molecule has 2 aromatic rings. The molecule has 0 aliphatic rings. The lowest BCUT2D eigenvalue weighted by Crippen LogP contribution is -2.13. The molecule has 0 aliphatic heterocycles. The Morgan fingerprint density at radius 1 is 1.41 bits per heavy atom. The van der Waals surface area contributed by atoms with Crippen LogP contribution in [-0.4, -0.2) is 9.78 Å². The van der Waals surface area contributed by atoms with Gasteiger partial charge in [0.15, 0.2) is 11.6 Å². The third-order valence-electron chi connectivity index (χ3n) is 2.65. The minimum atomic E-state index is -0.899. The van der Waals surface area contributed by atoms with Crippen LogP contribution in [0.4, 0.5) is 8.78 Å². The zero-order valence-corrected chi connectivity index (χ0v) is 9.40. The van der Waals surface area contributed by atoms with E-state index < -0.39 is 17.7 Å². The predicted octanol–water partition coefficient (Wildman–Crippen LogP) is 2.23. The van der Waals surface area contributed by atoms with Crippen molar-refractivity contribution in [3.8, 4) is 0 Å². The summed E-state index contributed by atoms with van der Waals surface area (Å²) in [6.45, 7) is 2.64. The average molecular weight is 237 g/mol. The molecule has 1 unspecified atom stereocenters. The number of halogens is 2. The van der Waals surface area contributed by atoms with Crippen molar-refractivity contribution in [2.24, 2.45) is 5.73 Å². The van der Waals surface area contributed by atoms with Gasteiger partial charge in [0.1, 0.15) is 0 Å². The van der Waals surface area contributed by atoms with Crippen molar-refractivity contribution >= 4 is 0 Å². The summed E-state index contributed by atoms with van der Waals surface area (Å²) in [6.07, 6.45) is 3.30. The summed E-state index contributed by atoms with van der Waals surface area (Å²) in [5.74, 6) is -1.79. The lowest BCUT2D eigenvalue weighted by molar-refractivity contribution is 0.494. The molecule has 0 fully saturated rings. The van der Waals surface area contributed by atoms with Crippen molar-refractivity contribution in [1.82, 2.24) is 9.78 Å². The van der Waals surface area contributed by atoms with E-state index >= 15 is 0 Å². The van der Waals surface area contributed by atoms with Gasteiger partial charge in [-0.05, 0) is 13.0 Å². The number of rotatable bonds is 3. The molecule has 0 saturated heterocycles. The van der Waals surface area contributed by atoms with Crippen molar-refractivity contribution in [1.29, 1.82) is 0 Å². The summed E-state index contributed by atoms with van der Waals surface area (Å²) >= 11 is 0. The van der Waals surface area contributed by atoms with Crippen molar-refractivity contribution < 1.29 is 8.78 Å². The Hall–Kier alpha value is -1.75. The first-order chi connectivity index (χ1) is 8.13. The lowest BCUT2D eigenvalue weighted by Gasteiger charge is -2.11. The molecule has 1 aromatic heterocycles. The molecule has 0 bridgehead atoms. The Bertz CT molecular complexity index is 522. The van der Waals surface area contributed by atoms with Gasteiger partial charge in [-0.1, -0.05) is 12.1 Å². The number of aromatic nitrogens is 2. The normalized spacial score (nSPS) is 12.7. The van der Waals surface area contributed by atoms with E-state index in [0.717, 1.165) is 6.07 Å². The van der Waals surface area contributed by atoms with Gasteiger partial charge in [0.2, 0.25) is 0 Å². The van der Waals surface area contributed by atoms with Gasteiger partial charge in [-0.3, -0.25) is 4.68 Å². The van der Waals surface area contributed by atoms with Crippen molar-refractivity contribution in [3.05, 3.63) is 53.4 Å². The Labute approximate surface area is 97.9 Å². The predicted molar refractivity (Wildman–Crippen MR) is 60.3 cm³/mol. The smallest absolute Gasteiger partial charge is 0.163 e. The summed E-state index contributed by atoms with van der Waals surface area (Å²) in [7, 11) is 0. The summed E-state index contributed by atoms with van der Waals surface area (Å²) in [5, 5.41) is 4.05. The second-order valence-corrected chi connectivity index (χ2v) is 3.75. The van der Waals surface area contributed by atoms with E-state index in [9.17, 15) is 8.78 Å². The minimum absolute atomic E-state index is 0.139. The van der Waals surface area contributed by atoms with E-state index in [1.807, 2.05) is 6.92 Å². The summed E-state index contributed by atoms with van der Waals surface area (Å²) in [6, 6.07) is 3.29. The molecule has 0 aliphatic carbocycles. The van der Waals surface area contributed by atoms with Gasteiger partial charge in [-0.25, -0.2) is 8.78 Å². The van der Waals surface area contributed by atoms with Crippen LogP contribution in [0.1, 0.15) is 24.1 Å². The van der Waals surface area contributed by atoms with E-state index in [2.05, 4.69) is 5.10 Å². The molecule has 17 heavy (non-hydrogen) atoms. The third-order valence-corrected chi connectivity index (χ3v) is 2.65. The highest BCUT2D eigenvalue weighted by Gasteiger charge is 2.17. The maximum absolute atomic E-state index is 13.5. The number of hydrogen-bond acceptors (Lipinski definition) is 2. The zero-order chi connectivity index (χ0) is 12.4. The van der Waals surface area contributed by atoms with Gasteiger partial charge < -0.3 is 5.73 Å². The first kappa shape index (κ1) is 11.7. The average Bonchev–Trinajstić information content (AvgIpc) is 2.80. The molecule has 2 N–H and O–H groups in total. The monoisotopic (exact) mass is 237 g/mol. The molecule has 1 atom stereocenters. The van der Waals surface area contributed by atoms with Crippen LogP contribution in [0.3, 0.4) is 0 Å². The van der Waals surface area contributed by atoms with Gasteiger partial charge in [0.05, 0.1) is 12.2 Å². The Kier molecular flexibility index (Phi) is 3.19. The van der Waals surface area contributed by atoms with Gasteiger partial charge in [-0.2, -0.15) is 5.10 Å². The van der Waals surface area contributed by atoms with Gasteiger partial charge in [0.25, 0.3) is 0 Å². The molecular formula is C12H13F2N3. The Morgan fingerprint density at radius 3 is 2.82 bits per heavy atom. The van der Waals surface area contributed by atoms with E-state index in [4.69, 9.17) is 5.73 Å². The third kappa shape index (κ3) is 2.19. The van der Waals surface area contributed by atoms with Crippen LogP contribution < -0.4 is 5.73 Å². The van der Waals surface area contributed by atoms with E-state index in [1.54, 1.807) is 17.1 Å². The molecule has 90 valence electrons. The summed E-state index contributed by atoms with van der Waals surface area (Å²) < 4.78 is 28.3. The Balaban J connectivity index is 2.36. The summed E-state index contributed by atoms with van der Waals surface area (Å²) in [4.78, 5) is 0. The van der Waals surface area contributed by atoms with Crippen molar-refractivity contribution in [3.63, 3.8) is 0 Å². The second-order valence-electron chi connectivity index (χ2n) is 3.75. The highest BCUT2D eigenvalue weighted by atomic mass is 19.2. The van der Waals surface area contributed by atoms with Gasteiger partial charge >= 0.3 is 0 Å². The van der Waals surface area contributed by atoms with Crippen molar-refractivity contribution in [2.45, 2.75) is 19.5 Å². The number of aryl methyl sites for hydroxylation is 1. The van der Waals surface area contributed by atoms with Crippen molar-refractivity contribution in [2.75, 3.05) is 0 Å². The summed E-state index contributed by atoms with van der Waals surface area (Å²) in [5.41, 5.74) is 6.70. The van der Waals surface area contributed by atoms with Crippen LogP contribution in [0, 0.1) is 11.6 Å². The van der Waals surface area contributed by atoms with Crippen LogP contribution in [-0.2, 0) is 6.54 Å². The maximum atomic E-state index is 13.5.